The van der Waals surface area contributed by atoms with Crippen molar-refractivity contribution in [2.45, 2.75) is 41.8 Å². The normalized spacial score (nSPS) is 15.9. The van der Waals surface area contributed by atoms with Crippen molar-refractivity contribution >= 4 is 41.7 Å². The van der Waals surface area contributed by atoms with Gasteiger partial charge in [-0.15, -0.1) is 24.0 Å². The molecule has 0 aliphatic carbocycles. The molecule has 152 valence electrons. The Morgan fingerprint density at radius 2 is 1.90 bits per heavy atom. The van der Waals surface area contributed by atoms with Crippen LogP contribution >= 0.6 is 35.7 Å². The number of nitrogens with zero attached hydrogens (tertiary/aromatic N) is 4. The Kier molecular flexibility index (Phi) is 7.93. The number of rotatable bonds is 5. The van der Waals surface area contributed by atoms with E-state index in [-0.39, 0.29) is 24.0 Å². The van der Waals surface area contributed by atoms with Crippen LogP contribution in [0.3, 0.4) is 0 Å². The van der Waals surface area contributed by atoms with Gasteiger partial charge in [-0.05, 0) is 36.2 Å². The second kappa shape index (κ2) is 10.6. The number of fused-ring (bicyclic) bond motifs is 1. The van der Waals surface area contributed by atoms with E-state index in [9.17, 15) is 0 Å². The van der Waals surface area contributed by atoms with E-state index < -0.39 is 0 Å². The van der Waals surface area contributed by atoms with Crippen molar-refractivity contribution in [3.05, 3.63) is 72.3 Å². The van der Waals surface area contributed by atoms with Crippen molar-refractivity contribution in [1.29, 1.82) is 0 Å². The first-order chi connectivity index (χ1) is 13.8. The lowest BCUT2D eigenvalue weighted by atomic mass is 10.1. The third-order valence-electron chi connectivity index (χ3n) is 4.73. The average Bonchev–Trinajstić information content (AvgIpc) is 3.21. The summed E-state index contributed by atoms with van der Waals surface area (Å²) >= 11 is 1.77. The van der Waals surface area contributed by atoms with E-state index in [1.54, 1.807) is 25.1 Å². The molecular formula is C21H25IN6S. The number of aromatic nitrogens is 3. The van der Waals surface area contributed by atoms with Crippen LogP contribution in [0.1, 0.15) is 17.8 Å². The van der Waals surface area contributed by atoms with E-state index in [0.717, 1.165) is 37.7 Å². The summed E-state index contributed by atoms with van der Waals surface area (Å²) in [6, 6.07) is 19.4. The van der Waals surface area contributed by atoms with Crippen LogP contribution in [0.2, 0.25) is 0 Å². The van der Waals surface area contributed by atoms with Crippen molar-refractivity contribution in [1.82, 2.24) is 25.4 Å². The van der Waals surface area contributed by atoms with E-state index in [1.807, 2.05) is 10.7 Å². The lowest BCUT2D eigenvalue weighted by Gasteiger charge is -2.25. The Labute approximate surface area is 192 Å². The lowest BCUT2D eigenvalue weighted by molar-refractivity contribution is 0.392. The minimum Gasteiger partial charge on any atom is -0.352 e. The number of benzene rings is 2. The van der Waals surface area contributed by atoms with Crippen molar-refractivity contribution in [2.75, 3.05) is 7.05 Å². The molecule has 6 nitrogen and oxygen atoms in total. The highest BCUT2D eigenvalue weighted by Crippen LogP contribution is 2.27. The Morgan fingerprint density at radius 1 is 1.14 bits per heavy atom. The van der Waals surface area contributed by atoms with Crippen LogP contribution in [0, 0.1) is 0 Å². The lowest BCUT2D eigenvalue weighted by Crippen LogP contribution is -2.46. The van der Waals surface area contributed by atoms with E-state index in [2.05, 4.69) is 74.2 Å². The number of hydrogen-bond donors (Lipinski definition) is 2. The van der Waals surface area contributed by atoms with Crippen LogP contribution in [0.4, 0.5) is 0 Å². The Balaban J connectivity index is 0.00000240. The molecule has 0 amide bonds. The van der Waals surface area contributed by atoms with Gasteiger partial charge in [-0.3, -0.25) is 4.99 Å². The average molecular weight is 520 g/mol. The molecule has 2 aromatic carbocycles. The molecule has 1 aliphatic rings. The zero-order valence-electron chi connectivity index (χ0n) is 16.3. The molecule has 0 spiro atoms. The molecule has 4 rings (SSSR count). The monoisotopic (exact) mass is 520 g/mol. The van der Waals surface area contributed by atoms with Crippen molar-refractivity contribution in [2.24, 2.45) is 4.99 Å². The van der Waals surface area contributed by atoms with Gasteiger partial charge < -0.3 is 10.6 Å². The first-order valence-electron chi connectivity index (χ1n) is 9.46. The fourth-order valence-electron chi connectivity index (χ4n) is 3.23. The highest BCUT2D eigenvalue weighted by Gasteiger charge is 2.20. The molecule has 8 heteroatoms. The second-order valence-electron chi connectivity index (χ2n) is 6.72. The quantitative estimate of drug-likeness (QED) is 0.305. The predicted octanol–water partition coefficient (Wildman–Crippen LogP) is 3.73. The van der Waals surface area contributed by atoms with E-state index in [4.69, 9.17) is 0 Å². The third kappa shape index (κ3) is 5.96. The second-order valence-corrected chi connectivity index (χ2v) is 7.87. The van der Waals surface area contributed by atoms with Crippen LogP contribution in [0.25, 0.3) is 0 Å². The number of hydrogen-bond acceptors (Lipinski definition) is 4. The van der Waals surface area contributed by atoms with Gasteiger partial charge in [0.2, 0.25) is 0 Å². The predicted molar refractivity (Wildman–Crippen MR) is 128 cm³/mol. The SMILES string of the molecule is CN=C(NCc1ccc(Sc2ccccc2)cc1)NC1CCc2ncnn2C1.I. The van der Waals surface area contributed by atoms with Crippen molar-refractivity contribution in [3.8, 4) is 0 Å². The number of aryl methyl sites for hydroxylation is 1. The Hall–Kier alpha value is -2.07. The number of nitrogens with one attached hydrogen (secondary N) is 2. The van der Waals surface area contributed by atoms with E-state index in [1.165, 1.54) is 15.4 Å². The van der Waals surface area contributed by atoms with Gasteiger partial charge >= 0.3 is 0 Å². The number of aliphatic imine (C=N–C) groups is 1. The molecule has 29 heavy (non-hydrogen) atoms. The Morgan fingerprint density at radius 3 is 2.66 bits per heavy atom. The molecule has 3 aromatic rings. The molecule has 0 fully saturated rings. The first-order valence-corrected chi connectivity index (χ1v) is 10.3. The van der Waals surface area contributed by atoms with Gasteiger partial charge in [0.25, 0.3) is 0 Å². The highest BCUT2D eigenvalue weighted by molar-refractivity contribution is 14.0. The molecule has 1 aliphatic heterocycles. The fraction of sp³-hybridized carbons (Fsp3) is 0.286. The van der Waals surface area contributed by atoms with Gasteiger partial charge in [0.1, 0.15) is 12.2 Å². The van der Waals surface area contributed by atoms with Gasteiger partial charge in [0.15, 0.2) is 5.96 Å². The molecule has 1 aromatic heterocycles. The summed E-state index contributed by atoms with van der Waals surface area (Å²) in [4.78, 5) is 11.1. The van der Waals surface area contributed by atoms with Crippen molar-refractivity contribution in [3.63, 3.8) is 0 Å². The van der Waals surface area contributed by atoms with Gasteiger partial charge in [-0.25, -0.2) is 9.67 Å². The largest absolute Gasteiger partial charge is 0.352 e. The highest BCUT2D eigenvalue weighted by atomic mass is 127. The van der Waals surface area contributed by atoms with Gasteiger partial charge in [-0.1, -0.05) is 42.1 Å². The zero-order chi connectivity index (χ0) is 19.2. The summed E-state index contributed by atoms with van der Waals surface area (Å²) in [5, 5.41) is 11.2. The smallest absolute Gasteiger partial charge is 0.191 e. The molecule has 0 radical (unpaired) electrons. The Bertz CT molecular complexity index is 926. The molecule has 1 atom stereocenters. The summed E-state index contributed by atoms with van der Waals surface area (Å²) in [7, 11) is 1.80. The summed E-state index contributed by atoms with van der Waals surface area (Å²) in [6.45, 7) is 1.55. The third-order valence-corrected chi connectivity index (χ3v) is 5.75. The van der Waals surface area contributed by atoms with Crippen LogP contribution in [0.5, 0.6) is 0 Å². The molecule has 1 unspecified atom stereocenters. The first kappa shape index (κ1) is 21.6. The van der Waals surface area contributed by atoms with Crippen molar-refractivity contribution < 1.29 is 0 Å². The van der Waals surface area contributed by atoms with Gasteiger partial charge in [0.05, 0.1) is 6.54 Å². The molecule has 2 N–H and O–H groups in total. The summed E-state index contributed by atoms with van der Waals surface area (Å²) in [6.07, 6.45) is 3.60. The molecule has 0 saturated heterocycles. The fourth-order valence-corrected chi connectivity index (χ4v) is 4.07. The van der Waals surface area contributed by atoms with Crippen LogP contribution in [-0.2, 0) is 19.5 Å². The van der Waals surface area contributed by atoms with Gasteiger partial charge in [-0.2, -0.15) is 5.10 Å². The standard InChI is InChI=1S/C21H24N6S.HI/c1-22-21(26-17-9-12-20-24-15-25-27(20)14-17)23-13-16-7-10-19(11-8-16)28-18-5-3-2-4-6-18;/h2-8,10-11,15,17H,9,12-14H2,1H3,(H2,22,23,26);1H. The maximum Gasteiger partial charge on any atom is 0.191 e. The van der Waals surface area contributed by atoms with E-state index >= 15 is 0 Å². The van der Waals surface area contributed by atoms with Crippen LogP contribution in [0.15, 0.2) is 75.7 Å². The van der Waals surface area contributed by atoms with Gasteiger partial charge in [0, 0.05) is 35.8 Å². The molecule has 0 bridgehead atoms. The zero-order valence-corrected chi connectivity index (χ0v) is 19.4. The minimum absolute atomic E-state index is 0. The van der Waals surface area contributed by atoms with E-state index in [0.29, 0.717) is 6.04 Å². The maximum atomic E-state index is 4.36. The number of halogens is 1. The molecule has 0 saturated carbocycles. The summed E-state index contributed by atoms with van der Waals surface area (Å²) < 4.78 is 1.97. The molecular weight excluding hydrogens is 495 g/mol. The molecule has 2 heterocycles. The topological polar surface area (TPSA) is 67.1 Å². The van der Waals surface area contributed by atoms with Crippen LogP contribution < -0.4 is 10.6 Å². The summed E-state index contributed by atoms with van der Waals surface area (Å²) in [5.41, 5.74) is 1.22. The number of guanidine groups is 1. The maximum absolute atomic E-state index is 4.36. The summed E-state index contributed by atoms with van der Waals surface area (Å²) in [5.74, 6) is 1.88. The van der Waals surface area contributed by atoms with Crippen LogP contribution in [-0.4, -0.2) is 33.8 Å². The minimum atomic E-state index is 0.